The quantitative estimate of drug-likeness (QED) is 0.119. The van der Waals surface area contributed by atoms with E-state index in [-0.39, 0.29) is 42.7 Å². The lowest BCUT2D eigenvalue weighted by atomic mass is 9.97. The molecular weight excluding hydrogens is 669 g/mol. The third-order valence-corrected chi connectivity index (χ3v) is 7.21. The van der Waals surface area contributed by atoms with Crippen molar-refractivity contribution in [1.29, 1.82) is 0 Å². The van der Waals surface area contributed by atoms with Gasteiger partial charge in [0.25, 0.3) is 0 Å². The molecule has 1 atom stereocenters. The van der Waals surface area contributed by atoms with Gasteiger partial charge in [-0.25, -0.2) is 0 Å². The summed E-state index contributed by atoms with van der Waals surface area (Å²) in [4.78, 5) is 0.257. The minimum Gasteiger partial charge on any atom is -0.346 e. The molecule has 200 valence electrons. The van der Waals surface area contributed by atoms with Crippen LogP contribution >= 0.6 is 75.2 Å². The van der Waals surface area contributed by atoms with Gasteiger partial charge < -0.3 is 10.6 Å². The first kappa shape index (κ1) is 32.0. The number of rotatable bonds is 9. The fourth-order valence-corrected chi connectivity index (χ4v) is 4.68. The summed E-state index contributed by atoms with van der Waals surface area (Å²) in [5.74, 6) is -2.00. The Kier molecular flexibility index (Phi) is 11.4. The second-order valence-electron chi connectivity index (χ2n) is 7.49. The molecule has 0 radical (unpaired) electrons. The zero-order valence-corrected chi connectivity index (χ0v) is 23.8. The highest BCUT2D eigenvalue weighted by atomic mass is 79.9. The van der Waals surface area contributed by atoms with Crippen LogP contribution in [0.3, 0.4) is 0 Å². The van der Waals surface area contributed by atoms with Gasteiger partial charge in [0.15, 0.2) is 0 Å². The molecule has 2 rings (SSSR count). The van der Waals surface area contributed by atoms with E-state index in [9.17, 15) is 26.3 Å². The van der Waals surface area contributed by atoms with E-state index >= 15 is 0 Å². The largest absolute Gasteiger partial charge is 0.401 e. The van der Waals surface area contributed by atoms with Crippen LogP contribution in [0.15, 0.2) is 53.2 Å². The van der Waals surface area contributed by atoms with Crippen molar-refractivity contribution < 1.29 is 26.3 Å². The molecule has 0 saturated carbocycles. The minimum atomic E-state index is -4.63. The molecule has 0 spiro atoms. The number of alkyl halides is 6. The SMILES string of the molecule is C=C(NC(=S)c1ccc(/C=C/C(c2cc(Cl)c(Cl)c(Cl)c2)C(F)(F)F)cc1Br)C(=S)CNCC(F)(F)F. The zero-order valence-electron chi connectivity index (χ0n) is 18.3. The first-order valence-electron chi connectivity index (χ1n) is 9.99. The van der Waals surface area contributed by atoms with Crippen molar-refractivity contribution in [3.05, 3.63) is 84.9 Å². The van der Waals surface area contributed by atoms with Gasteiger partial charge in [-0.05, 0) is 29.3 Å². The number of hydrogen-bond acceptors (Lipinski definition) is 3. The number of benzene rings is 2. The van der Waals surface area contributed by atoms with Crippen LogP contribution in [0.25, 0.3) is 6.08 Å². The first-order chi connectivity index (χ1) is 17.0. The van der Waals surface area contributed by atoms with Crippen molar-refractivity contribution in [1.82, 2.24) is 10.6 Å². The maximum Gasteiger partial charge on any atom is 0.401 e. The summed E-state index contributed by atoms with van der Waals surface area (Å²) in [6.07, 6.45) is -6.77. The van der Waals surface area contributed by atoms with E-state index in [1.54, 1.807) is 12.1 Å². The molecular formula is C23H16BrCl3F6N2S2. The molecule has 0 fully saturated rings. The normalized spacial score (nSPS) is 13.0. The fourth-order valence-electron chi connectivity index (χ4n) is 2.89. The topological polar surface area (TPSA) is 24.1 Å². The molecule has 0 aliphatic heterocycles. The fraction of sp³-hybridized carbons (Fsp3) is 0.217. The van der Waals surface area contributed by atoms with Gasteiger partial charge in [-0.1, -0.05) is 106 Å². The number of thiocarbonyl (C=S) groups is 2. The summed E-state index contributed by atoms with van der Waals surface area (Å²) in [6, 6.07) is 6.84. The van der Waals surface area contributed by atoms with Crippen LogP contribution < -0.4 is 10.6 Å². The lowest BCUT2D eigenvalue weighted by Gasteiger charge is -2.18. The average Bonchev–Trinajstić information content (AvgIpc) is 2.75. The van der Waals surface area contributed by atoms with E-state index in [0.29, 0.717) is 15.6 Å². The summed E-state index contributed by atoms with van der Waals surface area (Å²) in [5.41, 5.74) is 0.842. The second-order valence-corrected chi connectivity index (χ2v) is 10.4. The molecule has 2 aromatic carbocycles. The third-order valence-electron chi connectivity index (χ3n) is 4.65. The predicted octanol–water partition coefficient (Wildman–Crippen LogP) is 9.07. The summed E-state index contributed by atoms with van der Waals surface area (Å²) in [7, 11) is 0. The van der Waals surface area contributed by atoms with Gasteiger partial charge >= 0.3 is 12.4 Å². The zero-order chi connectivity index (χ0) is 28.1. The molecule has 0 aliphatic carbocycles. The Bertz CT molecular complexity index is 1210. The molecule has 0 heterocycles. The van der Waals surface area contributed by atoms with Gasteiger partial charge in [-0.3, -0.25) is 0 Å². The third kappa shape index (κ3) is 9.80. The molecule has 2 aromatic rings. The highest BCUT2D eigenvalue weighted by Gasteiger charge is 2.39. The molecule has 37 heavy (non-hydrogen) atoms. The van der Waals surface area contributed by atoms with Crippen molar-refractivity contribution in [3.63, 3.8) is 0 Å². The Hall–Kier alpha value is -1.21. The Balaban J connectivity index is 2.15. The van der Waals surface area contributed by atoms with Gasteiger partial charge in [-0.15, -0.1) is 0 Å². The highest BCUT2D eigenvalue weighted by Crippen LogP contribution is 2.41. The number of halogens is 10. The van der Waals surface area contributed by atoms with Crippen molar-refractivity contribution in [3.8, 4) is 0 Å². The first-order valence-corrected chi connectivity index (χ1v) is 12.7. The number of allylic oxidation sites excluding steroid dienone is 1. The van der Waals surface area contributed by atoms with E-state index in [1.807, 2.05) is 0 Å². The molecule has 14 heteroatoms. The maximum atomic E-state index is 13.8. The minimum absolute atomic E-state index is 0.0397. The Labute approximate surface area is 243 Å². The second kappa shape index (κ2) is 13.2. The lowest BCUT2D eigenvalue weighted by Crippen LogP contribution is -2.35. The van der Waals surface area contributed by atoms with E-state index in [0.717, 1.165) is 18.2 Å². The standard InChI is InChI=1S/C23H16BrCl3F6N2S2/c1-11(19(36)9-34-10-22(28,29)30)35-21(37)14-4-2-12(6-16(14)24)3-5-15(23(31,32)33)13-7-17(25)20(27)18(26)8-13/h2-8,15,34H,1,9-10H2,(H,35,37)/b5-3+. The molecule has 1 unspecified atom stereocenters. The van der Waals surface area contributed by atoms with E-state index in [2.05, 4.69) is 33.1 Å². The van der Waals surface area contributed by atoms with Crippen molar-refractivity contribution >= 4 is 91.1 Å². The van der Waals surface area contributed by atoms with Crippen LogP contribution in [0, 0.1) is 0 Å². The van der Waals surface area contributed by atoms with Crippen molar-refractivity contribution in [2.45, 2.75) is 18.3 Å². The summed E-state index contributed by atoms with van der Waals surface area (Å²) in [5, 5.41) is 4.68. The molecule has 0 saturated heterocycles. The number of hydrogen-bond donors (Lipinski definition) is 2. The molecule has 0 aliphatic rings. The van der Waals surface area contributed by atoms with Gasteiger partial charge in [0.2, 0.25) is 0 Å². The van der Waals surface area contributed by atoms with Gasteiger partial charge in [0.05, 0.1) is 32.4 Å². The van der Waals surface area contributed by atoms with Gasteiger partial charge in [-0.2, -0.15) is 26.3 Å². The summed E-state index contributed by atoms with van der Waals surface area (Å²) < 4.78 is 78.5. The smallest absolute Gasteiger partial charge is 0.346 e. The number of nitrogens with one attached hydrogen (secondary N) is 2. The monoisotopic (exact) mass is 682 g/mol. The van der Waals surface area contributed by atoms with E-state index in [4.69, 9.17) is 59.2 Å². The van der Waals surface area contributed by atoms with Crippen LogP contribution in [0.5, 0.6) is 0 Å². The van der Waals surface area contributed by atoms with E-state index in [1.165, 1.54) is 12.1 Å². The lowest BCUT2D eigenvalue weighted by molar-refractivity contribution is -0.139. The Morgan fingerprint density at radius 3 is 2.14 bits per heavy atom. The summed E-state index contributed by atoms with van der Waals surface area (Å²) in [6.45, 7) is 2.23. The summed E-state index contributed by atoms with van der Waals surface area (Å²) >= 11 is 31.3. The van der Waals surface area contributed by atoms with Crippen LogP contribution in [0.4, 0.5) is 26.3 Å². The molecule has 2 nitrogen and oxygen atoms in total. The van der Waals surface area contributed by atoms with Crippen LogP contribution in [-0.4, -0.2) is 35.3 Å². The van der Waals surface area contributed by atoms with Crippen LogP contribution in [0.2, 0.25) is 15.1 Å². The Morgan fingerprint density at radius 2 is 1.62 bits per heavy atom. The van der Waals surface area contributed by atoms with Gasteiger partial charge in [0, 0.05) is 22.3 Å². The van der Waals surface area contributed by atoms with Crippen molar-refractivity contribution in [2.75, 3.05) is 13.1 Å². The maximum absolute atomic E-state index is 13.8. The molecule has 0 amide bonds. The Morgan fingerprint density at radius 1 is 1.03 bits per heavy atom. The molecule has 0 aromatic heterocycles. The molecule has 0 bridgehead atoms. The molecule has 2 N–H and O–H groups in total. The van der Waals surface area contributed by atoms with Crippen LogP contribution in [-0.2, 0) is 0 Å². The van der Waals surface area contributed by atoms with Gasteiger partial charge in [0.1, 0.15) is 4.99 Å². The van der Waals surface area contributed by atoms with E-state index < -0.39 is 24.8 Å². The van der Waals surface area contributed by atoms with Crippen molar-refractivity contribution in [2.24, 2.45) is 0 Å². The predicted molar refractivity (Wildman–Crippen MR) is 149 cm³/mol. The average molecular weight is 685 g/mol. The highest BCUT2D eigenvalue weighted by molar-refractivity contribution is 9.10. The van der Waals surface area contributed by atoms with Crippen LogP contribution in [0.1, 0.15) is 22.6 Å².